The molecule has 0 spiro atoms. The van der Waals surface area contributed by atoms with Gasteiger partial charge in [0.1, 0.15) is 0 Å². The van der Waals surface area contributed by atoms with Crippen LogP contribution in [0.1, 0.15) is 38.9 Å². The SMILES string of the molecule is CC(C)(C)c1noc(CSCC(=O)N[C@@H]2CCS(=O)(=O)C2)n1. The molecule has 0 bridgehead atoms. The van der Waals surface area contributed by atoms with Crippen molar-refractivity contribution in [1.82, 2.24) is 15.5 Å². The Balaban J connectivity index is 1.72. The molecule has 0 saturated carbocycles. The molecule has 9 heteroatoms. The Kier molecular flexibility index (Phi) is 5.16. The van der Waals surface area contributed by atoms with Crippen LogP contribution in [0, 0.1) is 0 Å². The second-order valence-corrected chi connectivity index (χ2v) is 9.64. The van der Waals surface area contributed by atoms with Crippen molar-refractivity contribution in [3.8, 4) is 0 Å². The minimum Gasteiger partial charge on any atom is -0.352 e. The average molecular weight is 347 g/mol. The van der Waals surface area contributed by atoms with E-state index in [0.717, 1.165) is 0 Å². The molecule has 0 aromatic carbocycles. The molecule has 0 aliphatic carbocycles. The first-order chi connectivity index (χ1) is 10.2. The van der Waals surface area contributed by atoms with Gasteiger partial charge in [-0.15, -0.1) is 11.8 Å². The molecule has 1 aromatic rings. The van der Waals surface area contributed by atoms with Crippen molar-refractivity contribution >= 4 is 27.5 Å². The molecule has 2 rings (SSSR count). The van der Waals surface area contributed by atoms with Crippen LogP contribution in [0.5, 0.6) is 0 Å². The molecule has 1 N–H and O–H groups in total. The fourth-order valence-corrected chi connectivity index (χ4v) is 4.36. The molecule has 1 fully saturated rings. The molecule has 124 valence electrons. The third kappa shape index (κ3) is 4.98. The Bertz CT molecular complexity index is 634. The van der Waals surface area contributed by atoms with E-state index >= 15 is 0 Å². The summed E-state index contributed by atoms with van der Waals surface area (Å²) in [4.78, 5) is 16.1. The van der Waals surface area contributed by atoms with Crippen molar-refractivity contribution in [2.24, 2.45) is 0 Å². The van der Waals surface area contributed by atoms with Crippen molar-refractivity contribution in [1.29, 1.82) is 0 Å². The highest BCUT2D eigenvalue weighted by Crippen LogP contribution is 2.20. The first kappa shape index (κ1) is 17.3. The lowest BCUT2D eigenvalue weighted by Crippen LogP contribution is -2.36. The molecule has 0 unspecified atom stereocenters. The fourth-order valence-electron chi connectivity index (χ4n) is 2.03. The molecule has 7 nitrogen and oxygen atoms in total. The summed E-state index contributed by atoms with van der Waals surface area (Å²) in [6, 6.07) is -0.256. The van der Waals surface area contributed by atoms with E-state index in [0.29, 0.717) is 23.9 Å². The van der Waals surface area contributed by atoms with E-state index in [4.69, 9.17) is 4.52 Å². The lowest BCUT2D eigenvalue weighted by Gasteiger charge is -2.11. The molecule has 0 radical (unpaired) electrons. The number of carbonyl (C=O) groups is 1. The predicted octanol–water partition coefficient (Wildman–Crippen LogP) is 0.904. The Morgan fingerprint density at radius 1 is 1.45 bits per heavy atom. The Morgan fingerprint density at radius 3 is 2.73 bits per heavy atom. The number of nitrogens with zero attached hydrogens (tertiary/aromatic N) is 2. The highest BCUT2D eigenvalue weighted by molar-refractivity contribution is 7.99. The van der Waals surface area contributed by atoms with Crippen LogP contribution in [-0.2, 0) is 25.8 Å². The molecule has 1 aliphatic heterocycles. The van der Waals surface area contributed by atoms with Crippen LogP contribution in [0.25, 0.3) is 0 Å². The summed E-state index contributed by atoms with van der Waals surface area (Å²) >= 11 is 1.36. The van der Waals surface area contributed by atoms with Gasteiger partial charge in [-0.25, -0.2) is 8.42 Å². The van der Waals surface area contributed by atoms with Gasteiger partial charge in [-0.1, -0.05) is 25.9 Å². The second kappa shape index (κ2) is 6.57. The summed E-state index contributed by atoms with van der Waals surface area (Å²) in [5, 5.41) is 6.66. The van der Waals surface area contributed by atoms with Crippen LogP contribution in [-0.4, -0.2) is 47.8 Å². The maximum atomic E-state index is 11.8. The van der Waals surface area contributed by atoms with E-state index in [1.54, 1.807) is 0 Å². The molecular formula is C13H21N3O4S2. The monoisotopic (exact) mass is 347 g/mol. The summed E-state index contributed by atoms with van der Waals surface area (Å²) in [5.41, 5.74) is -0.169. The van der Waals surface area contributed by atoms with Gasteiger partial charge in [0.25, 0.3) is 0 Å². The minimum absolute atomic E-state index is 0.0437. The predicted molar refractivity (Wildman–Crippen MR) is 84.4 cm³/mol. The maximum absolute atomic E-state index is 11.8. The zero-order valence-electron chi connectivity index (χ0n) is 13.0. The van der Waals surface area contributed by atoms with Gasteiger partial charge in [0, 0.05) is 11.5 Å². The lowest BCUT2D eigenvalue weighted by molar-refractivity contribution is -0.119. The molecule has 1 amide bonds. The summed E-state index contributed by atoms with van der Waals surface area (Å²) in [6.45, 7) is 5.99. The zero-order valence-corrected chi connectivity index (χ0v) is 14.6. The molecule has 1 aliphatic rings. The largest absolute Gasteiger partial charge is 0.352 e. The normalized spacial score (nSPS) is 21.0. The number of carbonyl (C=O) groups excluding carboxylic acids is 1. The van der Waals surface area contributed by atoms with Gasteiger partial charge in [0.05, 0.1) is 23.0 Å². The molecule has 1 saturated heterocycles. The van der Waals surface area contributed by atoms with Crippen LogP contribution >= 0.6 is 11.8 Å². The Morgan fingerprint density at radius 2 is 2.18 bits per heavy atom. The van der Waals surface area contributed by atoms with Crippen LogP contribution < -0.4 is 5.32 Å². The second-order valence-electron chi connectivity index (χ2n) is 6.42. The number of amides is 1. The van der Waals surface area contributed by atoms with E-state index in [9.17, 15) is 13.2 Å². The van der Waals surface area contributed by atoms with Crippen molar-refractivity contribution in [2.45, 2.75) is 44.4 Å². The number of thioether (sulfide) groups is 1. The van der Waals surface area contributed by atoms with Crippen LogP contribution in [0.4, 0.5) is 0 Å². The number of hydrogen-bond acceptors (Lipinski definition) is 7. The van der Waals surface area contributed by atoms with Gasteiger partial charge in [0.2, 0.25) is 11.8 Å². The van der Waals surface area contributed by atoms with E-state index < -0.39 is 9.84 Å². The third-order valence-corrected chi connectivity index (χ3v) is 5.88. The van der Waals surface area contributed by atoms with E-state index in [-0.39, 0.29) is 34.6 Å². The fraction of sp³-hybridized carbons (Fsp3) is 0.769. The number of aromatic nitrogens is 2. The quantitative estimate of drug-likeness (QED) is 0.844. The Labute approximate surface area is 134 Å². The smallest absolute Gasteiger partial charge is 0.236 e. The summed E-state index contributed by atoms with van der Waals surface area (Å²) in [6.07, 6.45) is 0.497. The van der Waals surface area contributed by atoms with Gasteiger partial charge in [-0.05, 0) is 6.42 Å². The van der Waals surface area contributed by atoms with Gasteiger partial charge in [-0.3, -0.25) is 4.79 Å². The number of rotatable bonds is 5. The highest BCUT2D eigenvalue weighted by atomic mass is 32.2. The number of sulfone groups is 1. The van der Waals surface area contributed by atoms with Gasteiger partial charge in [-0.2, -0.15) is 4.98 Å². The number of nitrogens with one attached hydrogen (secondary N) is 1. The van der Waals surface area contributed by atoms with Gasteiger partial charge < -0.3 is 9.84 Å². The van der Waals surface area contributed by atoms with Gasteiger partial charge >= 0.3 is 0 Å². The molecular weight excluding hydrogens is 326 g/mol. The molecule has 2 heterocycles. The molecule has 1 aromatic heterocycles. The Hall–Kier alpha value is -1.09. The van der Waals surface area contributed by atoms with Crippen molar-refractivity contribution in [3.63, 3.8) is 0 Å². The maximum Gasteiger partial charge on any atom is 0.236 e. The van der Waals surface area contributed by atoms with Crippen molar-refractivity contribution in [3.05, 3.63) is 11.7 Å². The van der Waals surface area contributed by atoms with Crippen LogP contribution in [0.2, 0.25) is 0 Å². The standard InChI is InChI=1S/C13H21N3O4S2/c1-13(2,3)12-15-11(20-16-12)7-21-6-10(17)14-9-4-5-22(18,19)8-9/h9H,4-8H2,1-3H3,(H,14,17)/t9-/m1/s1. The number of hydrogen-bond donors (Lipinski definition) is 1. The molecule has 22 heavy (non-hydrogen) atoms. The van der Waals surface area contributed by atoms with Crippen LogP contribution in [0.3, 0.4) is 0 Å². The van der Waals surface area contributed by atoms with E-state index in [1.165, 1.54) is 11.8 Å². The summed E-state index contributed by atoms with van der Waals surface area (Å²) < 4.78 is 27.8. The van der Waals surface area contributed by atoms with Gasteiger partial charge in [0.15, 0.2) is 15.7 Å². The first-order valence-electron chi connectivity index (χ1n) is 7.06. The zero-order chi connectivity index (χ0) is 16.4. The topological polar surface area (TPSA) is 102 Å². The van der Waals surface area contributed by atoms with Crippen molar-refractivity contribution < 1.29 is 17.7 Å². The third-order valence-electron chi connectivity index (χ3n) is 3.20. The summed E-state index contributed by atoms with van der Waals surface area (Å²) in [7, 11) is -2.97. The lowest BCUT2D eigenvalue weighted by atomic mass is 9.96. The summed E-state index contributed by atoms with van der Waals surface area (Å²) in [5.74, 6) is 1.87. The first-order valence-corrected chi connectivity index (χ1v) is 10.0. The average Bonchev–Trinajstić information content (AvgIpc) is 2.95. The van der Waals surface area contributed by atoms with Crippen LogP contribution in [0.15, 0.2) is 4.52 Å². The van der Waals surface area contributed by atoms with E-state index in [1.807, 2.05) is 20.8 Å². The molecule has 1 atom stereocenters. The van der Waals surface area contributed by atoms with E-state index in [2.05, 4.69) is 15.5 Å². The minimum atomic E-state index is -2.97. The highest BCUT2D eigenvalue weighted by Gasteiger charge is 2.28. The van der Waals surface area contributed by atoms with Crippen molar-refractivity contribution in [2.75, 3.05) is 17.3 Å².